The Labute approximate surface area is 124 Å². The summed E-state index contributed by atoms with van der Waals surface area (Å²) < 4.78 is 2.25. The average molecular weight is 292 g/mol. The number of hydrogen-bond acceptors (Lipinski definition) is 4. The van der Waals surface area contributed by atoms with Crippen LogP contribution in [0.4, 0.5) is 5.82 Å². The molecule has 20 heavy (non-hydrogen) atoms. The van der Waals surface area contributed by atoms with Gasteiger partial charge in [0.1, 0.15) is 0 Å². The summed E-state index contributed by atoms with van der Waals surface area (Å²) in [6.45, 7) is 8.76. The summed E-state index contributed by atoms with van der Waals surface area (Å²) in [5, 5.41) is 5.69. The first-order valence-electron chi connectivity index (χ1n) is 7.66. The third-order valence-corrected chi connectivity index (χ3v) is 4.60. The van der Waals surface area contributed by atoms with Gasteiger partial charge in [-0.05, 0) is 31.7 Å². The van der Waals surface area contributed by atoms with Gasteiger partial charge in [-0.25, -0.2) is 4.98 Å². The van der Waals surface area contributed by atoms with E-state index in [0.717, 1.165) is 31.1 Å². The van der Waals surface area contributed by atoms with E-state index < -0.39 is 0 Å². The number of aromatic nitrogens is 2. The fourth-order valence-corrected chi connectivity index (χ4v) is 3.55. The molecule has 3 rings (SSSR count). The van der Waals surface area contributed by atoms with Crippen LogP contribution in [-0.4, -0.2) is 29.0 Å². The minimum atomic E-state index is 0.680. The Kier molecular flexibility index (Phi) is 4.27. The van der Waals surface area contributed by atoms with Crippen molar-refractivity contribution in [3.63, 3.8) is 0 Å². The first-order valence-corrected chi connectivity index (χ1v) is 8.54. The van der Waals surface area contributed by atoms with Gasteiger partial charge in [0, 0.05) is 31.2 Å². The fourth-order valence-electron chi connectivity index (χ4n) is 2.82. The summed E-state index contributed by atoms with van der Waals surface area (Å²) in [6, 6.07) is 0. The molecule has 1 N–H and O–H groups in total. The van der Waals surface area contributed by atoms with E-state index in [2.05, 4.69) is 40.0 Å². The summed E-state index contributed by atoms with van der Waals surface area (Å²) in [4.78, 5) is 8.45. The molecule has 4 nitrogen and oxygen atoms in total. The molecule has 0 saturated carbocycles. The highest BCUT2D eigenvalue weighted by Crippen LogP contribution is 2.27. The van der Waals surface area contributed by atoms with Gasteiger partial charge >= 0.3 is 0 Å². The molecule has 0 atom stereocenters. The van der Waals surface area contributed by atoms with Crippen molar-refractivity contribution in [2.24, 2.45) is 5.92 Å². The quantitative estimate of drug-likeness (QED) is 0.919. The lowest BCUT2D eigenvalue weighted by Gasteiger charge is -2.27. The van der Waals surface area contributed by atoms with Gasteiger partial charge in [-0.2, -0.15) is 0 Å². The van der Waals surface area contributed by atoms with Crippen LogP contribution in [0, 0.1) is 5.92 Å². The Hall–Kier alpha value is -1.07. The summed E-state index contributed by atoms with van der Waals surface area (Å²) >= 11 is 1.72. The molecule has 1 aliphatic heterocycles. The molecular weight excluding hydrogens is 268 g/mol. The zero-order valence-electron chi connectivity index (χ0n) is 12.4. The molecule has 0 bridgehead atoms. The number of anilines is 1. The first-order chi connectivity index (χ1) is 9.75. The van der Waals surface area contributed by atoms with Gasteiger partial charge in [0.15, 0.2) is 10.8 Å². The highest BCUT2D eigenvalue weighted by atomic mass is 32.1. The van der Waals surface area contributed by atoms with Crippen LogP contribution in [0.1, 0.15) is 38.8 Å². The smallest absolute Gasteiger partial charge is 0.195 e. The molecule has 5 heteroatoms. The minimum Gasteiger partial charge on any atom is -0.355 e. The lowest BCUT2D eigenvalue weighted by atomic mass is 10.1. The first kappa shape index (κ1) is 13.9. The van der Waals surface area contributed by atoms with E-state index >= 15 is 0 Å². The molecule has 2 aromatic rings. The third kappa shape index (κ3) is 2.83. The van der Waals surface area contributed by atoms with Crippen molar-refractivity contribution in [1.29, 1.82) is 0 Å². The van der Waals surface area contributed by atoms with Crippen LogP contribution in [0.25, 0.3) is 4.96 Å². The minimum absolute atomic E-state index is 0.680. The second-order valence-corrected chi connectivity index (χ2v) is 6.88. The number of nitrogens with one attached hydrogen (secondary N) is 1. The van der Waals surface area contributed by atoms with E-state index in [4.69, 9.17) is 4.98 Å². The van der Waals surface area contributed by atoms with Crippen molar-refractivity contribution in [3.05, 3.63) is 17.3 Å². The average Bonchev–Trinajstić information content (AvgIpc) is 3.01. The predicted molar refractivity (Wildman–Crippen MR) is 85.7 cm³/mol. The number of fused-ring (bicyclic) bond motifs is 1. The maximum atomic E-state index is 4.86. The molecule has 0 amide bonds. The van der Waals surface area contributed by atoms with E-state index in [-0.39, 0.29) is 0 Å². The Morgan fingerprint density at radius 2 is 2.10 bits per heavy atom. The zero-order valence-corrected chi connectivity index (χ0v) is 13.2. The van der Waals surface area contributed by atoms with Crippen molar-refractivity contribution < 1.29 is 0 Å². The Bertz CT molecular complexity index is 551. The molecular formula is C15H24N4S. The number of thiazole rings is 1. The number of rotatable bonds is 5. The highest BCUT2D eigenvalue weighted by Gasteiger charge is 2.20. The predicted octanol–water partition coefficient (Wildman–Crippen LogP) is 3.13. The summed E-state index contributed by atoms with van der Waals surface area (Å²) in [5.74, 6) is 1.88. The summed E-state index contributed by atoms with van der Waals surface area (Å²) in [6.07, 6.45) is 6.10. The van der Waals surface area contributed by atoms with Crippen LogP contribution in [0.3, 0.4) is 0 Å². The van der Waals surface area contributed by atoms with Gasteiger partial charge in [-0.15, -0.1) is 11.3 Å². The van der Waals surface area contributed by atoms with E-state index in [1.807, 2.05) is 0 Å². The molecule has 0 unspecified atom stereocenters. The second kappa shape index (κ2) is 6.14. The van der Waals surface area contributed by atoms with Crippen LogP contribution in [0.2, 0.25) is 0 Å². The van der Waals surface area contributed by atoms with E-state index in [9.17, 15) is 0 Å². The fraction of sp³-hybridized carbons (Fsp3) is 0.667. The standard InChI is InChI=1S/C15H24N4S/c1-12(2)10-16-11-13-14(18-6-4-3-5-7-18)17-15-19(13)8-9-20-15/h8-9,12,16H,3-7,10-11H2,1-2H3. The van der Waals surface area contributed by atoms with Crippen LogP contribution < -0.4 is 10.2 Å². The van der Waals surface area contributed by atoms with Gasteiger partial charge in [0.05, 0.1) is 5.69 Å². The van der Waals surface area contributed by atoms with Gasteiger partial charge in [0.25, 0.3) is 0 Å². The van der Waals surface area contributed by atoms with Gasteiger partial charge < -0.3 is 10.2 Å². The molecule has 3 heterocycles. The highest BCUT2D eigenvalue weighted by molar-refractivity contribution is 7.15. The summed E-state index contributed by atoms with van der Waals surface area (Å²) in [7, 11) is 0. The topological polar surface area (TPSA) is 32.6 Å². The lowest BCUT2D eigenvalue weighted by Crippen LogP contribution is -2.31. The van der Waals surface area contributed by atoms with Gasteiger partial charge in [-0.1, -0.05) is 13.8 Å². The van der Waals surface area contributed by atoms with E-state index in [0.29, 0.717) is 5.92 Å². The van der Waals surface area contributed by atoms with E-state index in [1.165, 1.54) is 30.8 Å². The lowest BCUT2D eigenvalue weighted by molar-refractivity contribution is 0.541. The number of piperidine rings is 1. The molecule has 1 aliphatic rings. The molecule has 1 saturated heterocycles. The molecule has 110 valence electrons. The van der Waals surface area contributed by atoms with Crippen LogP contribution in [0.15, 0.2) is 11.6 Å². The maximum Gasteiger partial charge on any atom is 0.195 e. The molecule has 2 aromatic heterocycles. The SMILES string of the molecule is CC(C)CNCc1c(N2CCCCC2)nc2sccn12. The van der Waals surface area contributed by atoms with Crippen molar-refractivity contribution >= 4 is 22.1 Å². The van der Waals surface area contributed by atoms with Crippen molar-refractivity contribution in [2.75, 3.05) is 24.5 Å². The molecule has 0 spiro atoms. The van der Waals surface area contributed by atoms with Gasteiger partial charge in [-0.3, -0.25) is 4.40 Å². The maximum absolute atomic E-state index is 4.86. The van der Waals surface area contributed by atoms with Crippen LogP contribution in [0.5, 0.6) is 0 Å². The molecule has 1 fully saturated rings. The molecule has 0 aromatic carbocycles. The van der Waals surface area contributed by atoms with Gasteiger partial charge in [0.2, 0.25) is 0 Å². The summed E-state index contributed by atoms with van der Waals surface area (Å²) in [5.41, 5.74) is 1.32. The number of hydrogen-bond donors (Lipinski definition) is 1. The van der Waals surface area contributed by atoms with Crippen molar-refractivity contribution in [3.8, 4) is 0 Å². The Balaban J connectivity index is 1.83. The Morgan fingerprint density at radius 1 is 1.30 bits per heavy atom. The number of imidazole rings is 1. The van der Waals surface area contributed by atoms with E-state index in [1.54, 1.807) is 11.3 Å². The normalized spacial score (nSPS) is 16.4. The largest absolute Gasteiger partial charge is 0.355 e. The van der Waals surface area contributed by atoms with Crippen molar-refractivity contribution in [1.82, 2.24) is 14.7 Å². The van der Waals surface area contributed by atoms with Crippen LogP contribution >= 0.6 is 11.3 Å². The Morgan fingerprint density at radius 3 is 2.85 bits per heavy atom. The molecule has 0 aliphatic carbocycles. The zero-order chi connectivity index (χ0) is 13.9. The number of nitrogens with zero attached hydrogens (tertiary/aromatic N) is 3. The second-order valence-electron chi connectivity index (χ2n) is 6.01. The van der Waals surface area contributed by atoms with Crippen LogP contribution in [-0.2, 0) is 6.54 Å². The monoisotopic (exact) mass is 292 g/mol. The molecule has 0 radical (unpaired) electrons. The third-order valence-electron chi connectivity index (χ3n) is 3.84. The van der Waals surface area contributed by atoms with Crippen molar-refractivity contribution in [2.45, 2.75) is 39.7 Å².